The van der Waals surface area contributed by atoms with Gasteiger partial charge in [0.15, 0.2) is 0 Å². The second-order valence-corrected chi connectivity index (χ2v) is 6.21. The van der Waals surface area contributed by atoms with Crippen LogP contribution in [0.1, 0.15) is 0 Å². The molecule has 4 aromatic rings. The maximum atomic E-state index is 5.97. The monoisotopic (exact) mass is 350 g/mol. The molecule has 0 N–H and O–H groups in total. The number of halogens is 2. The van der Waals surface area contributed by atoms with Gasteiger partial charge in [0.2, 0.25) is 5.28 Å². The van der Waals surface area contributed by atoms with Gasteiger partial charge in [0.1, 0.15) is 5.15 Å². The molecule has 0 aliphatic rings. The minimum absolute atomic E-state index is 0.150. The fourth-order valence-corrected chi connectivity index (χ4v) is 3.16. The molecule has 0 radical (unpaired) electrons. The maximum Gasteiger partial charge on any atom is 0.224 e. The molecule has 0 spiro atoms. The molecule has 0 atom stereocenters. The fraction of sp³-hybridized carbons (Fsp3) is 0. The van der Waals surface area contributed by atoms with Crippen LogP contribution in [0, 0.1) is 0 Å². The van der Waals surface area contributed by atoms with Gasteiger partial charge in [0, 0.05) is 11.6 Å². The largest absolute Gasteiger partial charge is 0.224 e. The Morgan fingerprint density at radius 3 is 1.96 bits per heavy atom. The molecule has 0 aliphatic heterocycles. The molecule has 0 fully saturated rings. The Hall–Kier alpha value is -2.42. The Bertz CT molecular complexity index is 1010. The SMILES string of the molecule is Clc1cc(-c2ccc3cc(-c4ccccc4)ccc3c2)nc(Cl)n1. The van der Waals surface area contributed by atoms with Crippen LogP contribution in [0.4, 0.5) is 0 Å². The Kier molecular flexibility index (Phi) is 3.93. The number of aromatic nitrogens is 2. The summed E-state index contributed by atoms with van der Waals surface area (Å²) in [6.07, 6.45) is 0. The Balaban J connectivity index is 1.79. The van der Waals surface area contributed by atoms with Crippen molar-refractivity contribution in [2.75, 3.05) is 0 Å². The third kappa shape index (κ3) is 2.99. The van der Waals surface area contributed by atoms with Crippen molar-refractivity contribution in [3.63, 3.8) is 0 Å². The van der Waals surface area contributed by atoms with E-state index in [0.717, 1.165) is 10.9 Å². The van der Waals surface area contributed by atoms with Gasteiger partial charge in [0.05, 0.1) is 5.69 Å². The van der Waals surface area contributed by atoms with Crippen molar-refractivity contribution in [3.8, 4) is 22.4 Å². The van der Waals surface area contributed by atoms with E-state index in [9.17, 15) is 0 Å². The highest BCUT2D eigenvalue weighted by atomic mass is 35.5. The lowest BCUT2D eigenvalue weighted by Crippen LogP contribution is -1.88. The smallest absolute Gasteiger partial charge is 0.218 e. The third-order valence-corrected chi connectivity index (χ3v) is 4.27. The molecule has 116 valence electrons. The predicted molar refractivity (Wildman–Crippen MR) is 100 cm³/mol. The molecule has 0 amide bonds. The third-order valence-electron chi connectivity index (χ3n) is 3.91. The van der Waals surface area contributed by atoms with Crippen molar-refractivity contribution >= 4 is 34.0 Å². The lowest BCUT2D eigenvalue weighted by Gasteiger charge is -2.07. The van der Waals surface area contributed by atoms with Gasteiger partial charge in [-0.1, -0.05) is 66.2 Å². The summed E-state index contributed by atoms with van der Waals surface area (Å²) in [5.74, 6) is 0. The van der Waals surface area contributed by atoms with E-state index in [4.69, 9.17) is 23.2 Å². The number of hydrogen-bond acceptors (Lipinski definition) is 2. The number of rotatable bonds is 2. The van der Waals surface area contributed by atoms with E-state index in [0.29, 0.717) is 10.8 Å². The Morgan fingerprint density at radius 1 is 0.583 bits per heavy atom. The average molecular weight is 351 g/mol. The Labute approximate surface area is 149 Å². The molecule has 0 aliphatic carbocycles. The summed E-state index contributed by atoms with van der Waals surface area (Å²) in [6.45, 7) is 0. The molecule has 24 heavy (non-hydrogen) atoms. The summed E-state index contributed by atoms with van der Waals surface area (Å²) in [5.41, 5.74) is 4.08. The molecule has 4 heteroatoms. The standard InChI is InChI=1S/C20H12Cl2N2/c21-19-12-18(23-20(22)24-19)17-9-8-15-10-14(6-7-16(15)11-17)13-4-2-1-3-5-13/h1-12H. The van der Waals surface area contributed by atoms with E-state index >= 15 is 0 Å². The zero-order valence-electron chi connectivity index (χ0n) is 12.6. The lowest BCUT2D eigenvalue weighted by molar-refractivity contribution is 1.17. The summed E-state index contributed by atoms with van der Waals surface area (Å²) in [6, 6.07) is 24.7. The fourth-order valence-electron chi connectivity index (χ4n) is 2.75. The van der Waals surface area contributed by atoms with Gasteiger partial charge in [-0.15, -0.1) is 0 Å². The van der Waals surface area contributed by atoms with Crippen molar-refractivity contribution < 1.29 is 0 Å². The highest BCUT2D eigenvalue weighted by Crippen LogP contribution is 2.28. The van der Waals surface area contributed by atoms with Crippen molar-refractivity contribution in [3.05, 3.63) is 83.2 Å². The first-order valence-corrected chi connectivity index (χ1v) is 8.24. The van der Waals surface area contributed by atoms with Crippen molar-refractivity contribution in [1.82, 2.24) is 9.97 Å². The van der Waals surface area contributed by atoms with Crippen LogP contribution >= 0.6 is 23.2 Å². The van der Waals surface area contributed by atoms with Crippen molar-refractivity contribution in [2.24, 2.45) is 0 Å². The molecular weight excluding hydrogens is 339 g/mol. The van der Waals surface area contributed by atoms with E-state index in [1.165, 1.54) is 16.5 Å². The minimum Gasteiger partial charge on any atom is -0.218 e. The number of hydrogen-bond donors (Lipinski definition) is 0. The molecule has 0 bridgehead atoms. The number of nitrogens with zero attached hydrogens (tertiary/aromatic N) is 2. The topological polar surface area (TPSA) is 25.8 Å². The van der Waals surface area contributed by atoms with Crippen LogP contribution in [0.25, 0.3) is 33.2 Å². The van der Waals surface area contributed by atoms with Crippen LogP contribution in [0.3, 0.4) is 0 Å². The van der Waals surface area contributed by atoms with E-state index in [-0.39, 0.29) is 5.28 Å². The molecule has 3 aromatic carbocycles. The van der Waals surface area contributed by atoms with Gasteiger partial charge in [-0.3, -0.25) is 0 Å². The molecule has 4 rings (SSSR count). The predicted octanol–water partition coefficient (Wildman–Crippen LogP) is 6.27. The quantitative estimate of drug-likeness (QED) is 0.314. The molecule has 0 saturated carbocycles. The molecule has 2 nitrogen and oxygen atoms in total. The van der Waals surface area contributed by atoms with Crippen LogP contribution in [0.5, 0.6) is 0 Å². The molecule has 1 aromatic heterocycles. The van der Waals surface area contributed by atoms with Gasteiger partial charge >= 0.3 is 0 Å². The van der Waals surface area contributed by atoms with E-state index < -0.39 is 0 Å². The first kappa shape index (κ1) is 15.1. The van der Waals surface area contributed by atoms with E-state index in [2.05, 4.69) is 52.4 Å². The van der Waals surface area contributed by atoms with Gasteiger partial charge in [-0.2, -0.15) is 0 Å². The van der Waals surface area contributed by atoms with Crippen LogP contribution < -0.4 is 0 Å². The van der Waals surface area contributed by atoms with Crippen LogP contribution in [0.2, 0.25) is 10.4 Å². The highest BCUT2D eigenvalue weighted by Gasteiger charge is 2.06. The maximum absolute atomic E-state index is 5.97. The second-order valence-electron chi connectivity index (χ2n) is 5.49. The van der Waals surface area contributed by atoms with Gasteiger partial charge < -0.3 is 0 Å². The van der Waals surface area contributed by atoms with E-state index in [1.807, 2.05) is 24.3 Å². The zero-order valence-corrected chi connectivity index (χ0v) is 14.1. The van der Waals surface area contributed by atoms with Crippen molar-refractivity contribution in [1.29, 1.82) is 0 Å². The summed E-state index contributed by atoms with van der Waals surface area (Å²) in [5, 5.41) is 2.80. The normalized spacial score (nSPS) is 10.9. The zero-order chi connectivity index (χ0) is 16.5. The van der Waals surface area contributed by atoms with Gasteiger partial charge in [-0.25, -0.2) is 9.97 Å². The molecule has 0 unspecified atom stereocenters. The summed E-state index contributed by atoms with van der Waals surface area (Å²) < 4.78 is 0. The molecule has 0 saturated heterocycles. The van der Waals surface area contributed by atoms with E-state index in [1.54, 1.807) is 6.07 Å². The van der Waals surface area contributed by atoms with Crippen LogP contribution in [-0.2, 0) is 0 Å². The lowest BCUT2D eigenvalue weighted by atomic mass is 9.99. The minimum atomic E-state index is 0.150. The van der Waals surface area contributed by atoms with Crippen LogP contribution in [0.15, 0.2) is 72.8 Å². The van der Waals surface area contributed by atoms with Crippen molar-refractivity contribution in [2.45, 2.75) is 0 Å². The average Bonchev–Trinajstić information content (AvgIpc) is 2.61. The first-order valence-electron chi connectivity index (χ1n) is 7.49. The summed E-state index contributed by atoms with van der Waals surface area (Å²) >= 11 is 11.9. The second kappa shape index (κ2) is 6.23. The Morgan fingerprint density at radius 2 is 1.25 bits per heavy atom. The number of fused-ring (bicyclic) bond motifs is 1. The summed E-state index contributed by atoms with van der Waals surface area (Å²) in [4.78, 5) is 8.13. The number of benzene rings is 3. The van der Waals surface area contributed by atoms with Crippen LogP contribution in [-0.4, -0.2) is 9.97 Å². The first-order chi connectivity index (χ1) is 11.7. The molecular formula is C20H12Cl2N2. The summed E-state index contributed by atoms with van der Waals surface area (Å²) in [7, 11) is 0. The van der Waals surface area contributed by atoms with Gasteiger partial charge in [0.25, 0.3) is 0 Å². The molecule has 1 heterocycles. The van der Waals surface area contributed by atoms with Gasteiger partial charge in [-0.05, 0) is 45.6 Å². The highest BCUT2D eigenvalue weighted by molar-refractivity contribution is 6.32.